The Balaban J connectivity index is 1.20. The summed E-state index contributed by atoms with van der Waals surface area (Å²) in [6.45, 7) is 2.67. The predicted molar refractivity (Wildman–Crippen MR) is 132 cm³/mol. The zero-order valence-electron chi connectivity index (χ0n) is 20.3. The fourth-order valence-corrected chi connectivity index (χ4v) is 4.62. The number of halogens is 1. The van der Waals surface area contributed by atoms with Crippen molar-refractivity contribution in [3.63, 3.8) is 0 Å². The molecule has 1 aliphatic heterocycles. The van der Waals surface area contributed by atoms with Gasteiger partial charge in [-0.25, -0.2) is 19.3 Å². The maximum absolute atomic E-state index is 14.2. The van der Waals surface area contributed by atoms with Crippen LogP contribution in [0.5, 0.6) is 11.6 Å². The first-order valence-electron chi connectivity index (χ1n) is 11.9. The minimum Gasteiger partial charge on any atom is -0.494 e. The molecule has 0 amide bonds. The fourth-order valence-electron chi connectivity index (χ4n) is 4.62. The predicted octanol–water partition coefficient (Wildman–Crippen LogP) is 4.34. The van der Waals surface area contributed by atoms with Crippen LogP contribution in [-0.4, -0.2) is 44.6 Å². The lowest BCUT2D eigenvalue weighted by atomic mass is 9.93. The summed E-state index contributed by atoms with van der Waals surface area (Å²) >= 11 is 0. The summed E-state index contributed by atoms with van der Waals surface area (Å²) in [5, 5.41) is 8.89. The number of benzene rings is 1. The van der Waals surface area contributed by atoms with Crippen LogP contribution in [0.25, 0.3) is 11.2 Å². The highest BCUT2D eigenvalue weighted by molar-refractivity contribution is 5.78. The maximum Gasteiger partial charge on any atom is 0.213 e. The van der Waals surface area contributed by atoms with Gasteiger partial charge in [-0.05, 0) is 44.1 Å². The van der Waals surface area contributed by atoms with Gasteiger partial charge in [-0.1, -0.05) is 12.1 Å². The zero-order valence-corrected chi connectivity index (χ0v) is 20.3. The van der Waals surface area contributed by atoms with Crippen molar-refractivity contribution in [3.05, 3.63) is 77.1 Å². The molecular formula is C27H27FN6O2. The normalized spacial score (nSPS) is 14.6. The molecule has 1 aliphatic rings. The number of hydrogen-bond acceptors (Lipinski definition) is 7. The van der Waals surface area contributed by atoms with Crippen LogP contribution in [-0.2, 0) is 20.2 Å². The smallest absolute Gasteiger partial charge is 0.213 e. The third-order valence-corrected chi connectivity index (χ3v) is 6.71. The van der Waals surface area contributed by atoms with Crippen LogP contribution < -0.4 is 9.47 Å². The van der Waals surface area contributed by atoms with Crippen LogP contribution in [0.4, 0.5) is 4.39 Å². The third-order valence-electron chi connectivity index (χ3n) is 6.71. The van der Waals surface area contributed by atoms with E-state index in [1.165, 1.54) is 6.07 Å². The Hall–Kier alpha value is -4.03. The number of nitrogens with zero attached hydrogens (tertiary/aromatic N) is 6. The summed E-state index contributed by atoms with van der Waals surface area (Å²) < 4.78 is 27.4. The van der Waals surface area contributed by atoms with E-state index in [4.69, 9.17) is 24.7 Å². The van der Waals surface area contributed by atoms with Gasteiger partial charge in [-0.15, -0.1) is 0 Å². The number of piperidine rings is 1. The van der Waals surface area contributed by atoms with Crippen molar-refractivity contribution in [2.24, 2.45) is 7.05 Å². The number of aromatic nitrogens is 4. The van der Waals surface area contributed by atoms with E-state index in [9.17, 15) is 4.39 Å². The molecule has 8 nitrogen and oxygen atoms in total. The second-order valence-corrected chi connectivity index (χ2v) is 8.93. The van der Waals surface area contributed by atoms with Gasteiger partial charge in [0.1, 0.15) is 29.5 Å². The molecule has 0 unspecified atom stereocenters. The van der Waals surface area contributed by atoms with E-state index in [-0.39, 0.29) is 12.2 Å². The lowest BCUT2D eigenvalue weighted by molar-refractivity contribution is 0.197. The summed E-state index contributed by atoms with van der Waals surface area (Å²) in [7, 11) is 3.64. The Morgan fingerprint density at radius 1 is 1.14 bits per heavy atom. The van der Waals surface area contributed by atoms with Crippen molar-refractivity contribution >= 4 is 11.2 Å². The van der Waals surface area contributed by atoms with Crippen molar-refractivity contribution in [1.29, 1.82) is 5.26 Å². The summed E-state index contributed by atoms with van der Waals surface area (Å²) in [5.41, 5.74) is 3.28. The molecule has 4 aromatic rings. The number of likely N-dealkylation sites (tertiary alicyclic amines) is 1. The van der Waals surface area contributed by atoms with Crippen molar-refractivity contribution in [2.75, 3.05) is 20.2 Å². The van der Waals surface area contributed by atoms with Crippen LogP contribution in [0.15, 0.2) is 48.7 Å². The molecule has 184 valence electrons. The topological polar surface area (TPSA) is 89.1 Å². The number of pyridine rings is 2. The number of ether oxygens (including phenoxy) is 2. The van der Waals surface area contributed by atoms with E-state index in [1.54, 1.807) is 31.5 Å². The number of methoxy groups -OCH3 is 1. The second kappa shape index (κ2) is 10.3. The van der Waals surface area contributed by atoms with Gasteiger partial charge in [0, 0.05) is 42.6 Å². The highest BCUT2D eigenvalue weighted by Crippen LogP contribution is 2.30. The molecule has 0 radical (unpaired) electrons. The van der Waals surface area contributed by atoms with Crippen LogP contribution in [0.2, 0.25) is 0 Å². The highest BCUT2D eigenvalue weighted by atomic mass is 19.1. The average molecular weight is 487 g/mol. The molecule has 0 spiro atoms. The molecule has 0 atom stereocenters. The van der Waals surface area contributed by atoms with E-state index < -0.39 is 5.82 Å². The Bertz CT molecular complexity index is 1420. The van der Waals surface area contributed by atoms with Gasteiger partial charge in [-0.3, -0.25) is 4.90 Å². The van der Waals surface area contributed by atoms with Crippen molar-refractivity contribution in [3.8, 4) is 17.7 Å². The molecule has 0 N–H and O–H groups in total. The van der Waals surface area contributed by atoms with E-state index in [1.807, 2.05) is 35.9 Å². The van der Waals surface area contributed by atoms with Crippen LogP contribution in [0, 0.1) is 17.1 Å². The average Bonchev–Trinajstić information content (AvgIpc) is 3.23. The molecular weight excluding hydrogens is 459 g/mol. The molecule has 0 aliphatic carbocycles. The van der Waals surface area contributed by atoms with E-state index in [0.29, 0.717) is 17.4 Å². The van der Waals surface area contributed by atoms with Crippen molar-refractivity contribution in [2.45, 2.75) is 31.9 Å². The largest absolute Gasteiger partial charge is 0.494 e. The van der Waals surface area contributed by atoms with Gasteiger partial charge in [0.2, 0.25) is 5.88 Å². The first kappa shape index (κ1) is 23.7. The van der Waals surface area contributed by atoms with Crippen molar-refractivity contribution in [1.82, 2.24) is 24.4 Å². The maximum atomic E-state index is 14.2. The Morgan fingerprint density at radius 3 is 2.72 bits per heavy atom. The van der Waals surface area contributed by atoms with Gasteiger partial charge in [-0.2, -0.15) is 5.26 Å². The molecule has 4 heterocycles. The van der Waals surface area contributed by atoms with Gasteiger partial charge in [0.05, 0.1) is 25.3 Å². The first-order valence-corrected chi connectivity index (χ1v) is 11.9. The number of aryl methyl sites for hydroxylation is 1. The molecule has 9 heteroatoms. The van der Waals surface area contributed by atoms with E-state index in [2.05, 4.69) is 9.88 Å². The molecule has 1 fully saturated rings. The van der Waals surface area contributed by atoms with Gasteiger partial charge in [0.25, 0.3) is 0 Å². The summed E-state index contributed by atoms with van der Waals surface area (Å²) in [6, 6.07) is 13.9. The molecule has 36 heavy (non-hydrogen) atoms. The quantitative estimate of drug-likeness (QED) is 0.384. The zero-order chi connectivity index (χ0) is 25.1. The Labute approximate surface area is 208 Å². The highest BCUT2D eigenvalue weighted by Gasteiger charge is 2.24. The monoisotopic (exact) mass is 486 g/mol. The first-order chi connectivity index (χ1) is 17.6. The van der Waals surface area contributed by atoms with Crippen LogP contribution >= 0.6 is 0 Å². The Kier molecular flexibility index (Phi) is 6.78. The second-order valence-electron chi connectivity index (χ2n) is 8.93. The lowest BCUT2D eigenvalue weighted by Crippen LogP contribution is -2.33. The number of nitriles is 1. The van der Waals surface area contributed by atoms with Crippen molar-refractivity contribution < 1.29 is 13.9 Å². The summed E-state index contributed by atoms with van der Waals surface area (Å²) in [5.74, 6) is 2.05. The number of imidazole rings is 1. The third kappa shape index (κ3) is 4.86. The SMILES string of the molecule is COc1ccnc2c1nc(CN1CCC(c3cccc(OCc4ccc(C#N)cc4F)n3)CC1)n2C. The van der Waals surface area contributed by atoms with Gasteiger partial charge in [0.15, 0.2) is 5.65 Å². The lowest BCUT2D eigenvalue weighted by Gasteiger charge is -2.31. The molecule has 1 saturated heterocycles. The minimum absolute atomic E-state index is 0.0596. The van der Waals surface area contributed by atoms with E-state index >= 15 is 0 Å². The molecule has 3 aromatic heterocycles. The molecule has 1 aromatic carbocycles. The number of hydrogen-bond donors (Lipinski definition) is 0. The summed E-state index contributed by atoms with van der Waals surface area (Å²) in [6.07, 6.45) is 3.70. The molecule has 5 rings (SSSR count). The minimum atomic E-state index is -0.451. The van der Waals surface area contributed by atoms with Crippen LogP contribution in [0.1, 0.15) is 41.4 Å². The number of fused-ring (bicyclic) bond motifs is 1. The van der Waals surface area contributed by atoms with Gasteiger partial charge >= 0.3 is 0 Å². The fraction of sp³-hybridized carbons (Fsp3) is 0.333. The summed E-state index contributed by atoms with van der Waals surface area (Å²) in [4.78, 5) is 16.3. The standard InChI is InChI=1S/C27H27FN6O2/c1-33-24(32-26-23(35-2)8-11-30-27(26)33)16-34-12-9-19(10-13-34)22-4-3-5-25(31-22)36-17-20-7-6-18(15-29)14-21(20)28/h3-8,11,14,19H,9-10,12-13,16-17H2,1-2H3. The van der Waals surface area contributed by atoms with Gasteiger partial charge < -0.3 is 14.0 Å². The molecule has 0 saturated carbocycles. The Morgan fingerprint density at radius 2 is 1.97 bits per heavy atom. The molecule has 0 bridgehead atoms. The van der Waals surface area contributed by atoms with E-state index in [0.717, 1.165) is 60.9 Å². The number of rotatable bonds is 7. The van der Waals surface area contributed by atoms with Crippen LogP contribution in [0.3, 0.4) is 0 Å².